The third kappa shape index (κ3) is 2.82. The van der Waals surface area contributed by atoms with Crippen LogP contribution in [0.3, 0.4) is 0 Å². The number of fused-ring (bicyclic) bond motifs is 2. The fraction of sp³-hybridized carbons (Fsp3) is 0.250. The lowest BCUT2D eigenvalue weighted by molar-refractivity contribution is -0.156. The number of carbonyl (C=O) groups excluding carboxylic acids is 1. The fourth-order valence-electron chi connectivity index (χ4n) is 3.69. The van der Waals surface area contributed by atoms with Crippen molar-refractivity contribution in [3.63, 3.8) is 0 Å². The Balaban J connectivity index is 1.71. The van der Waals surface area contributed by atoms with Crippen LogP contribution in [-0.4, -0.2) is 39.1 Å². The number of ketones is 1. The predicted octanol–water partition coefficient (Wildman–Crippen LogP) is 3.98. The maximum atomic E-state index is 12.3. The van der Waals surface area contributed by atoms with Crippen LogP contribution >= 0.6 is 23.8 Å². The van der Waals surface area contributed by atoms with Gasteiger partial charge >= 0.3 is 0 Å². The van der Waals surface area contributed by atoms with Crippen LogP contribution in [0.1, 0.15) is 12.5 Å². The van der Waals surface area contributed by atoms with Crippen LogP contribution in [0.25, 0.3) is 17.1 Å². The quantitative estimate of drug-likeness (QED) is 0.608. The van der Waals surface area contributed by atoms with Gasteiger partial charge in [0, 0.05) is 17.7 Å². The summed E-state index contributed by atoms with van der Waals surface area (Å²) in [6.07, 6.45) is -0.737. The smallest absolute Gasteiger partial charge is 0.218 e. The molecule has 0 saturated carbocycles. The molecule has 3 aromatic rings. The number of ether oxygens (including phenoxy) is 2. The van der Waals surface area contributed by atoms with Gasteiger partial charge in [0.1, 0.15) is 6.10 Å². The summed E-state index contributed by atoms with van der Waals surface area (Å²) in [6.45, 7) is 0.350. The summed E-state index contributed by atoms with van der Waals surface area (Å²) in [7, 11) is 0. The molecule has 2 aliphatic heterocycles. The number of aromatic nitrogens is 3. The van der Waals surface area contributed by atoms with Crippen molar-refractivity contribution in [3.8, 4) is 17.1 Å². The zero-order valence-electron chi connectivity index (χ0n) is 14.7. The number of hydrogen-bond acceptors (Lipinski definition) is 5. The highest BCUT2D eigenvalue weighted by Gasteiger charge is 2.45. The zero-order valence-corrected chi connectivity index (χ0v) is 16.3. The highest BCUT2D eigenvalue weighted by Crippen LogP contribution is 2.35. The van der Waals surface area contributed by atoms with E-state index in [1.807, 2.05) is 59.2 Å². The molecular weight excluding hydrogens is 398 g/mol. The molecule has 0 unspecified atom stereocenters. The molecule has 3 heterocycles. The zero-order chi connectivity index (χ0) is 19.3. The SMILES string of the molecule is O=C1C[C@H](n2nc(-c3ccccc3Cl)n(-c3ccccc3)c2=S)[C@H]2CO[C@@H]1O2. The van der Waals surface area contributed by atoms with E-state index in [-0.39, 0.29) is 24.3 Å². The van der Waals surface area contributed by atoms with Gasteiger partial charge in [-0.25, -0.2) is 4.68 Å². The average Bonchev–Trinajstić information content (AvgIpc) is 3.29. The number of hydrogen-bond donors (Lipinski definition) is 0. The molecule has 0 amide bonds. The number of carbonyl (C=O) groups is 1. The van der Waals surface area contributed by atoms with E-state index in [1.165, 1.54) is 0 Å². The first-order valence-corrected chi connectivity index (χ1v) is 9.74. The molecule has 0 N–H and O–H groups in total. The summed E-state index contributed by atoms with van der Waals surface area (Å²) in [6, 6.07) is 16.9. The van der Waals surface area contributed by atoms with Crippen LogP contribution in [0.2, 0.25) is 5.02 Å². The molecule has 5 rings (SSSR count). The molecule has 28 heavy (non-hydrogen) atoms. The number of benzene rings is 2. The van der Waals surface area contributed by atoms with Crippen molar-refractivity contribution in [1.82, 2.24) is 14.3 Å². The molecule has 0 spiro atoms. The van der Waals surface area contributed by atoms with Crippen LogP contribution < -0.4 is 0 Å². The summed E-state index contributed by atoms with van der Waals surface area (Å²) >= 11 is 12.2. The van der Waals surface area contributed by atoms with Crippen LogP contribution in [0.4, 0.5) is 0 Å². The lowest BCUT2D eigenvalue weighted by Gasteiger charge is -2.26. The van der Waals surface area contributed by atoms with Gasteiger partial charge in [-0.05, 0) is 36.5 Å². The molecule has 1 aromatic heterocycles. The molecule has 2 aromatic carbocycles. The Bertz CT molecular complexity index is 1110. The first-order chi connectivity index (χ1) is 13.6. The second-order valence-corrected chi connectivity index (χ2v) is 7.55. The van der Waals surface area contributed by atoms with Gasteiger partial charge in [-0.15, -0.1) is 0 Å². The first kappa shape index (κ1) is 17.8. The van der Waals surface area contributed by atoms with Crippen LogP contribution in [-0.2, 0) is 14.3 Å². The van der Waals surface area contributed by atoms with E-state index in [0.717, 1.165) is 11.3 Å². The minimum absolute atomic E-state index is 0.0887. The molecule has 0 aliphatic carbocycles. The minimum atomic E-state index is -0.755. The van der Waals surface area contributed by atoms with E-state index in [4.69, 9.17) is 38.4 Å². The van der Waals surface area contributed by atoms with Gasteiger partial charge in [-0.1, -0.05) is 41.9 Å². The van der Waals surface area contributed by atoms with Crippen LogP contribution in [0.5, 0.6) is 0 Å². The summed E-state index contributed by atoms with van der Waals surface area (Å²) in [5.74, 6) is 0.532. The molecule has 6 nitrogen and oxygen atoms in total. The first-order valence-electron chi connectivity index (χ1n) is 8.95. The molecular formula is C20H16ClN3O3S. The van der Waals surface area contributed by atoms with E-state index >= 15 is 0 Å². The highest BCUT2D eigenvalue weighted by molar-refractivity contribution is 7.71. The summed E-state index contributed by atoms with van der Waals surface area (Å²) in [5, 5.41) is 5.37. The average molecular weight is 414 g/mol. The maximum Gasteiger partial charge on any atom is 0.218 e. The van der Waals surface area contributed by atoms with Gasteiger partial charge in [0.05, 0.1) is 17.7 Å². The minimum Gasteiger partial charge on any atom is -0.343 e. The lowest BCUT2D eigenvalue weighted by Crippen LogP contribution is -2.37. The Kier molecular flexibility index (Phi) is 4.40. The molecule has 0 radical (unpaired) electrons. The van der Waals surface area contributed by atoms with E-state index in [9.17, 15) is 4.79 Å². The summed E-state index contributed by atoms with van der Waals surface area (Å²) < 4.78 is 15.2. The van der Waals surface area contributed by atoms with Gasteiger partial charge in [-0.2, -0.15) is 5.10 Å². The second-order valence-electron chi connectivity index (χ2n) is 6.78. The van der Waals surface area contributed by atoms with Crippen molar-refractivity contribution in [1.29, 1.82) is 0 Å². The maximum absolute atomic E-state index is 12.3. The Labute approximate surface area is 171 Å². The number of nitrogens with zero attached hydrogens (tertiary/aromatic N) is 3. The molecule has 142 valence electrons. The third-order valence-electron chi connectivity index (χ3n) is 5.06. The molecule has 8 heteroatoms. The van der Waals surface area contributed by atoms with Crippen LogP contribution in [0, 0.1) is 4.77 Å². The Morgan fingerprint density at radius 3 is 2.64 bits per heavy atom. The van der Waals surface area contributed by atoms with Gasteiger partial charge in [0.25, 0.3) is 0 Å². The molecule has 2 bridgehead atoms. The number of halogens is 1. The fourth-order valence-corrected chi connectivity index (χ4v) is 4.28. The standard InChI is InChI=1S/C20H16ClN3O3S/c21-14-9-5-4-8-13(14)18-22-24(15-10-16(25)19-26-11-17(15)27-19)20(28)23(18)12-6-2-1-3-7-12/h1-9,15,17,19H,10-11H2/t15-,17+,19+/m0/s1. The summed E-state index contributed by atoms with van der Waals surface area (Å²) in [4.78, 5) is 12.3. The predicted molar refractivity (Wildman–Crippen MR) is 106 cm³/mol. The summed E-state index contributed by atoms with van der Waals surface area (Å²) in [5.41, 5.74) is 1.64. The largest absolute Gasteiger partial charge is 0.343 e. The van der Waals surface area contributed by atoms with Crippen molar-refractivity contribution in [2.24, 2.45) is 0 Å². The van der Waals surface area contributed by atoms with E-state index in [2.05, 4.69) is 0 Å². The van der Waals surface area contributed by atoms with E-state index in [0.29, 0.717) is 22.2 Å². The van der Waals surface area contributed by atoms with Crippen molar-refractivity contribution < 1.29 is 14.3 Å². The van der Waals surface area contributed by atoms with Crippen molar-refractivity contribution in [2.45, 2.75) is 24.9 Å². The number of rotatable bonds is 3. The number of para-hydroxylation sites is 1. The van der Waals surface area contributed by atoms with Gasteiger partial charge < -0.3 is 9.47 Å². The van der Waals surface area contributed by atoms with Crippen molar-refractivity contribution >= 4 is 29.6 Å². The Morgan fingerprint density at radius 1 is 1.11 bits per heavy atom. The van der Waals surface area contributed by atoms with E-state index in [1.54, 1.807) is 4.68 Å². The van der Waals surface area contributed by atoms with Gasteiger partial charge in [0.2, 0.25) is 11.1 Å². The van der Waals surface area contributed by atoms with Crippen molar-refractivity contribution in [2.75, 3.05) is 6.61 Å². The third-order valence-corrected chi connectivity index (χ3v) is 5.76. The number of Topliss-reactive ketones (excluding diaryl/α,β-unsaturated/α-hetero) is 1. The Morgan fingerprint density at radius 2 is 1.86 bits per heavy atom. The molecule has 2 fully saturated rings. The topological polar surface area (TPSA) is 58.3 Å². The monoisotopic (exact) mass is 413 g/mol. The van der Waals surface area contributed by atoms with Crippen molar-refractivity contribution in [3.05, 3.63) is 64.4 Å². The molecule has 2 saturated heterocycles. The molecule has 3 atom stereocenters. The lowest BCUT2D eigenvalue weighted by atomic mass is 10.0. The van der Waals surface area contributed by atoms with Gasteiger partial charge in [0.15, 0.2) is 11.6 Å². The van der Waals surface area contributed by atoms with Gasteiger partial charge in [-0.3, -0.25) is 9.36 Å². The highest BCUT2D eigenvalue weighted by atomic mass is 35.5. The molecule has 2 aliphatic rings. The Hall–Kier alpha value is -2.32. The normalized spacial score (nSPS) is 23.9. The van der Waals surface area contributed by atoms with Crippen LogP contribution in [0.15, 0.2) is 54.6 Å². The second kappa shape index (κ2) is 6.93. The van der Waals surface area contributed by atoms with E-state index < -0.39 is 6.29 Å².